The topological polar surface area (TPSA) is 29.9 Å². The maximum atomic E-state index is 4.41. The molecular formula is C13H23N3. The van der Waals surface area contributed by atoms with E-state index in [-0.39, 0.29) is 0 Å². The molecule has 1 N–H and O–H groups in total. The Balaban J connectivity index is 2.00. The van der Waals surface area contributed by atoms with Crippen molar-refractivity contribution in [2.75, 3.05) is 5.32 Å². The molecule has 0 aromatic carbocycles. The van der Waals surface area contributed by atoms with E-state index in [0.29, 0.717) is 12.1 Å². The van der Waals surface area contributed by atoms with Gasteiger partial charge in [0.1, 0.15) is 0 Å². The van der Waals surface area contributed by atoms with Crippen LogP contribution in [0.3, 0.4) is 0 Å². The van der Waals surface area contributed by atoms with Crippen LogP contribution in [0.5, 0.6) is 0 Å². The van der Waals surface area contributed by atoms with E-state index >= 15 is 0 Å². The van der Waals surface area contributed by atoms with E-state index in [1.165, 1.54) is 25.7 Å². The Hall–Kier alpha value is -0.990. The summed E-state index contributed by atoms with van der Waals surface area (Å²) >= 11 is 0. The third-order valence-electron chi connectivity index (χ3n) is 3.49. The van der Waals surface area contributed by atoms with Crippen molar-refractivity contribution >= 4 is 5.95 Å². The molecule has 0 radical (unpaired) electrons. The number of aromatic nitrogens is 2. The lowest BCUT2D eigenvalue weighted by Gasteiger charge is -2.28. The number of anilines is 1. The minimum Gasteiger partial charge on any atom is -0.353 e. The number of rotatable bonds is 3. The lowest BCUT2D eigenvalue weighted by atomic mass is 9.87. The fraction of sp³-hybridized carbons (Fsp3) is 0.769. The summed E-state index contributed by atoms with van der Waals surface area (Å²) in [5.41, 5.74) is 0. The number of imidazole rings is 1. The molecule has 0 bridgehead atoms. The Morgan fingerprint density at radius 1 is 1.44 bits per heavy atom. The number of hydrogen-bond acceptors (Lipinski definition) is 2. The van der Waals surface area contributed by atoms with E-state index in [9.17, 15) is 0 Å². The largest absolute Gasteiger partial charge is 0.353 e. The Bertz CT molecular complexity index is 330. The zero-order valence-corrected chi connectivity index (χ0v) is 10.6. The Labute approximate surface area is 98.3 Å². The number of nitrogens with zero attached hydrogens (tertiary/aromatic N) is 2. The Morgan fingerprint density at radius 3 is 2.94 bits per heavy atom. The van der Waals surface area contributed by atoms with Crippen molar-refractivity contribution in [3.05, 3.63) is 12.4 Å². The lowest BCUT2D eigenvalue weighted by molar-refractivity contribution is 0.356. The predicted octanol–water partition coefficient (Wildman–Crippen LogP) is 3.45. The molecule has 1 aromatic heterocycles. The molecule has 16 heavy (non-hydrogen) atoms. The van der Waals surface area contributed by atoms with Gasteiger partial charge in [-0.2, -0.15) is 0 Å². The standard InChI is InChI=1S/C13H23N3/c1-10(2)16-8-7-14-13(16)15-12-6-4-5-11(3)9-12/h7-8,10-12H,4-6,9H2,1-3H3,(H,14,15). The first-order valence-corrected chi connectivity index (χ1v) is 6.46. The molecule has 0 saturated heterocycles. The van der Waals surface area contributed by atoms with Crippen LogP contribution in [0.1, 0.15) is 52.5 Å². The molecule has 3 heteroatoms. The second-order valence-corrected chi connectivity index (χ2v) is 5.36. The molecule has 1 aromatic rings. The zero-order valence-electron chi connectivity index (χ0n) is 10.6. The third kappa shape index (κ3) is 2.57. The molecule has 2 atom stereocenters. The van der Waals surface area contributed by atoms with Crippen LogP contribution in [0.2, 0.25) is 0 Å². The summed E-state index contributed by atoms with van der Waals surface area (Å²) < 4.78 is 2.21. The summed E-state index contributed by atoms with van der Waals surface area (Å²) in [5.74, 6) is 1.89. The van der Waals surface area contributed by atoms with E-state index in [2.05, 4.69) is 41.8 Å². The average Bonchev–Trinajstić information content (AvgIpc) is 2.66. The van der Waals surface area contributed by atoms with Crippen molar-refractivity contribution in [1.82, 2.24) is 9.55 Å². The van der Waals surface area contributed by atoms with Gasteiger partial charge in [0.2, 0.25) is 5.95 Å². The SMILES string of the molecule is CC1CCCC(Nc2nccn2C(C)C)C1. The molecule has 2 rings (SSSR count). The highest BCUT2D eigenvalue weighted by Gasteiger charge is 2.20. The van der Waals surface area contributed by atoms with Gasteiger partial charge in [0.25, 0.3) is 0 Å². The van der Waals surface area contributed by atoms with Crippen molar-refractivity contribution < 1.29 is 0 Å². The molecule has 0 amide bonds. The van der Waals surface area contributed by atoms with Crippen LogP contribution in [0.25, 0.3) is 0 Å². The monoisotopic (exact) mass is 221 g/mol. The van der Waals surface area contributed by atoms with Crippen LogP contribution in [0, 0.1) is 5.92 Å². The summed E-state index contributed by atoms with van der Waals surface area (Å²) in [6.45, 7) is 6.73. The molecule has 1 fully saturated rings. The molecule has 1 aliphatic carbocycles. The van der Waals surface area contributed by atoms with Crippen molar-refractivity contribution in [2.45, 2.75) is 58.5 Å². The molecule has 1 heterocycles. The Kier molecular flexibility index (Phi) is 3.52. The predicted molar refractivity (Wildman–Crippen MR) is 67.7 cm³/mol. The van der Waals surface area contributed by atoms with Crippen molar-refractivity contribution in [2.24, 2.45) is 5.92 Å². The van der Waals surface area contributed by atoms with Gasteiger partial charge in [0.05, 0.1) is 0 Å². The summed E-state index contributed by atoms with van der Waals surface area (Å²) in [6.07, 6.45) is 9.24. The van der Waals surface area contributed by atoms with Gasteiger partial charge < -0.3 is 9.88 Å². The lowest BCUT2D eigenvalue weighted by Crippen LogP contribution is -2.27. The third-order valence-corrected chi connectivity index (χ3v) is 3.49. The molecule has 90 valence electrons. The van der Waals surface area contributed by atoms with Crippen LogP contribution in [0.4, 0.5) is 5.95 Å². The molecule has 0 aliphatic heterocycles. The molecule has 0 spiro atoms. The van der Waals surface area contributed by atoms with E-state index in [4.69, 9.17) is 0 Å². The van der Waals surface area contributed by atoms with Gasteiger partial charge in [-0.3, -0.25) is 0 Å². The molecular weight excluding hydrogens is 198 g/mol. The quantitative estimate of drug-likeness (QED) is 0.847. The van der Waals surface area contributed by atoms with E-state index < -0.39 is 0 Å². The molecule has 2 unspecified atom stereocenters. The van der Waals surface area contributed by atoms with Gasteiger partial charge in [-0.05, 0) is 32.6 Å². The second kappa shape index (κ2) is 4.89. The minimum atomic E-state index is 0.478. The minimum absolute atomic E-state index is 0.478. The first-order chi connectivity index (χ1) is 7.66. The van der Waals surface area contributed by atoms with Crippen LogP contribution in [0.15, 0.2) is 12.4 Å². The molecule has 3 nitrogen and oxygen atoms in total. The smallest absolute Gasteiger partial charge is 0.203 e. The highest BCUT2D eigenvalue weighted by Crippen LogP contribution is 2.26. The van der Waals surface area contributed by atoms with Crippen molar-refractivity contribution in [1.29, 1.82) is 0 Å². The first-order valence-electron chi connectivity index (χ1n) is 6.46. The van der Waals surface area contributed by atoms with Crippen LogP contribution < -0.4 is 5.32 Å². The van der Waals surface area contributed by atoms with Gasteiger partial charge in [-0.15, -0.1) is 0 Å². The van der Waals surface area contributed by atoms with Gasteiger partial charge in [-0.1, -0.05) is 19.8 Å². The van der Waals surface area contributed by atoms with Crippen LogP contribution in [-0.4, -0.2) is 15.6 Å². The summed E-state index contributed by atoms with van der Waals surface area (Å²) in [6, 6.07) is 1.09. The van der Waals surface area contributed by atoms with E-state index in [1.54, 1.807) is 0 Å². The highest BCUT2D eigenvalue weighted by atomic mass is 15.2. The van der Waals surface area contributed by atoms with Gasteiger partial charge >= 0.3 is 0 Å². The second-order valence-electron chi connectivity index (χ2n) is 5.36. The summed E-state index contributed by atoms with van der Waals surface area (Å²) in [7, 11) is 0. The number of hydrogen-bond donors (Lipinski definition) is 1. The summed E-state index contributed by atoms with van der Waals surface area (Å²) in [4.78, 5) is 4.41. The van der Waals surface area contributed by atoms with Gasteiger partial charge in [0.15, 0.2) is 0 Å². The number of nitrogens with one attached hydrogen (secondary N) is 1. The summed E-state index contributed by atoms with van der Waals surface area (Å²) in [5, 5.41) is 3.59. The van der Waals surface area contributed by atoms with Crippen LogP contribution >= 0.6 is 0 Å². The average molecular weight is 221 g/mol. The van der Waals surface area contributed by atoms with E-state index in [0.717, 1.165) is 11.9 Å². The fourth-order valence-corrected chi connectivity index (χ4v) is 2.59. The van der Waals surface area contributed by atoms with Gasteiger partial charge in [-0.25, -0.2) is 4.98 Å². The molecule has 1 aliphatic rings. The van der Waals surface area contributed by atoms with Crippen molar-refractivity contribution in [3.8, 4) is 0 Å². The fourth-order valence-electron chi connectivity index (χ4n) is 2.59. The van der Waals surface area contributed by atoms with E-state index in [1.807, 2.05) is 6.20 Å². The normalized spacial score (nSPS) is 26.0. The van der Waals surface area contributed by atoms with Gasteiger partial charge in [0, 0.05) is 24.5 Å². The zero-order chi connectivity index (χ0) is 11.5. The maximum absolute atomic E-state index is 4.41. The van der Waals surface area contributed by atoms with Crippen LogP contribution in [-0.2, 0) is 0 Å². The first kappa shape index (κ1) is 11.5. The maximum Gasteiger partial charge on any atom is 0.203 e. The molecule has 1 saturated carbocycles. The Morgan fingerprint density at radius 2 is 2.25 bits per heavy atom. The van der Waals surface area contributed by atoms with Crippen molar-refractivity contribution in [3.63, 3.8) is 0 Å². The highest BCUT2D eigenvalue weighted by molar-refractivity contribution is 5.28.